The van der Waals surface area contributed by atoms with E-state index in [2.05, 4.69) is 32.6 Å². The summed E-state index contributed by atoms with van der Waals surface area (Å²) < 4.78 is 5.69. The Hall–Kier alpha value is -1.12. The third kappa shape index (κ3) is 3.80. The summed E-state index contributed by atoms with van der Waals surface area (Å²) in [5, 5.41) is 0. The molecule has 1 aliphatic rings. The van der Waals surface area contributed by atoms with Crippen LogP contribution in [0.4, 0.5) is 0 Å². The number of carbonyl (C=O) groups excluding carboxylic acids is 2. The molecule has 1 aromatic heterocycles. The Labute approximate surface area is 144 Å². The first-order chi connectivity index (χ1) is 10.4. The van der Waals surface area contributed by atoms with Crippen molar-refractivity contribution >= 4 is 34.5 Å². The summed E-state index contributed by atoms with van der Waals surface area (Å²) in [5.74, 6) is 0.257. The molecule has 0 radical (unpaired) electrons. The maximum atomic E-state index is 12.9. The molecule has 7 heteroatoms. The number of aromatic amines is 1. The number of aromatic nitrogens is 2. The molecule has 0 aliphatic carbocycles. The van der Waals surface area contributed by atoms with Crippen molar-refractivity contribution in [3.8, 4) is 0 Å². The fraction of sp³-hybridized carbons (Fsp3) is 0.667. The highest BCUT2D eigenvalue weighted by Crippen LogP contribution is 2.33. The number of halogens is 1. The second kappa shape index (κ2) is 7.43. The summed E-state index contributed by atoms with van der Waals surface area (Å²) in [4.78, 5) is 33.9. The summed E-state index contributed by atoms with van der Waals surface area (Å²) in [5.41, 5.74) is 0. The van der Waals surface area contributed by atoms with E-state index >= 15 is 0 Å². The minimum absolute atomic E-state index is 0.0186. The maximum absolute atomic E-state index is 12.9. The molecule has 1 saturated heterocycles. The standard InChI is InChI=1S/C15H22IN3O3/c1-9(2)10(7-13(20)22-3)15(21)19-6-4-5-11(19)14-17-8-12(16)18-14/h8-11H,4-7H2,1-3H3,(H,17,18)/t10-,11-/m0/s1. The molecule has 2 rings (SSSR count). The molecule has 0 spiro atoms. The van der Waals surface area contributed by atoms with Crippen LogP contribution in [0.2, 0.25) is 0 Å². The zero-order valence-corrected chi connectivity index (χ0v) is 15.3. The van der Waals surface area contributed by atoms with E-state index < -0.39 is 0 Å². The number of likely N-dealkylation sites (tertiary alicyclic amines) is 1. The van der Waals surface area contributed by atoms with Crippen LogP contribution in [0, 0.1) is 15.5 Å². The van der Waals surface area contributed by atoms with Gasteiger partial charge in [-0.05, 0) is 41.4 Å². The molecule has 1 N–H and O–H groups in total. The van der Waals surface area contributed by atoms with Crippen molar-refractivity contribution in [3.63, 3.8) is 0 Å². The highest BCUT2D eigenvalue weighted by molar-refractivity contribution is 14.1. The molecule has 2 atom stereocenters. The second-order valence-corrected chi connectivity index (χ2v) is 7.10. The van der Waals surface area contributed by atoms with Gasteiger partial charge in [-0.1, -0.05) is 13.8 Å². The van der Waals surface area contributed by atoms with Gasteiger partial charge in [0.1, 0.15) is 5.82 Å². The monoisotopic (exact) mass is 419 g/mol. The molecule has 1 aliphatic heterocycles. The Balaban J connectivity index is 2.16. The van der Waals surface area contributed by atoms with Crippen LogP contribution in [0.5, 0.6) is 0 Å². The first-order valence-corrected chi connectivity index (χ1v) is 8.59. The third-order valence-corrected chi connectivity index (χ3v) is 4.70. The SMILES string of the molecule is COC(=O)C[C@H](C(=O)N1CCC[C@H]1c1ncc(I)[nH]1)C(C)C. The fourth-order valence-corrected chi connectivity index (χ4v) is 3.30. The number of amides is 1. The Morgan fingerprint density at radius 2 is 2.27 bits per heavy atom. The predicted molar refractivity (Wildman–Crippen MR) is 90.0 cm³/mol. The first kappa shape index (κ1) is 17.2. The van der Waals surface area contributed by atoms with Crippen LogP contribution in [0.3, 0.4) is 0 Å². The number of hydrogen-bond donors (Lipinski definition) is 1. The zero-order chi connectivity index (χ0) is 16.3. The summed E-state index contributed by atoms with van der Waals surface area (Å²) in [6.07, 6.45) is 3.76. The maximum Gasteiger partial charge on any atom is 0.306 e. The van der Waals surface area contributed by atoms with Gasteiger partial charge in [-0.25, -0.2) is 4.98 Å². The lowest BCUT2D eigenvalue weighted by Gasteiger charge is -2.29. The molecule has 0 saturated carbocycles. The van der Waals surface area contributed by atoms with Crippen molar-refractivity contribution in [2.24, 2.45) is 11.8 Å². The average Bonchev–Trinajstić information content (AvgIpc) is 3.11. The number of imidazole rings is 1. The lowest BCUT2D eigenvalue weighted by Crippen LogP contribution is -2.39. The Morgan fingerprint density at radius 3 is 2.82 bits per heavy atom. The van der Waals surface area contributed by atoms with Crippen LogP contribution >= 0.6 is 22.6 Å². The Bertz CT molecular complexity index is 544. The number of carbonyl (C=O) groups is 2. The molecule has 6 nitrogen and oxygen atoms in total. The van der Waals surface area contributed by atoms with Gasteiger partial charge in [0.2, 0.25) is 5.91 Å². The lowest BCUT2D eigenvalue weighted by molar-refractivity contribution is -0.148. The number of methoxy groups -OCH3 is 1. The Morgan fingerprint density at radius 1 is 1.55 bits per heavy atom. The van der Waals surface area contributed by atoms with Crippen LogP contribution in [0.1, 0.15) is 45.0 Å². The van der Waals surface area contributed by atoms with Crippen molar-refractivity contribution in [2.45, 2.75) is 39.2 Å². The number of esters is 1. The number of hydrogen-bond acceptors (Lipinski definition) is 4. The van der Waals surface area contributed by atoms with Crippen molar-refractivity contribution in [1.29, 1.82) is 0 Å². The van der Waals surface area contributed by atoms with Gasteiger partial charge >= 0.3 is 5.97 Å². The minimum Gasteiger partial charge on any atom is -0.469 e. The zero-order valence-electron chi connectivity index (χ0n) is 13.1. The Kier molecular flexibility index (Phi) is 5.82. The van der Waals surface area contributed by atoms with Crippen LogP contribution in [0.25, 0.3) is 0 Å². The lowest BCUT2D eigenvalue weighted by atomic mass is 9.91. The van der Waals surface area contributed by atoms with E-state index in [9.17, 15) is 9.59 Å². The van der Waals surface area contributed by atoms with Crippen molar-refractivity contribution in [3.05, 3.63) is 15.7 Å². The van der Waals surface area contributed by atoms with Gasteiger partial charge in [-0.2, -0.15) is 0 Å². The summed E-state index contributed by atoms with van der Waals surface area (Å²) in [6, 6.07) is -0.0186. The van der Waals surface area contributed by atoms with E-state index in [1.807, 2.05) is 18.7 Å². The van der Waals surface area contributed by atoms with Gasteiger partial charge in [0.05, 0.1) is 35.4 Å². The van der Waals surface area contributed by atoms with Crippen LogP contribution < -0.4 is 0 Å². The van der Waals surface area contributed by atoms with E-state index in [1.165, 1.54) is 7.11 Å². The van der Waals surface area contributed by atoms with Gasteiger partial charge in [0, 0.05) is 6.54 Å². The molecular formula is C15H22IN3O3. The van der Waals surface area contributed by atoms with Crippen molar-refractivity contribution in [2.75, 3.05) is 13.7 Å². The fourth-order valence-electron chi connectivity index (χ4n) is 2.88. The smallest absolute Gasteiger partial charge is 0.306 e. The van der Waals surface area contributed by atoms with Crippen molar-refractivity contribution in [1.82, 2.24) is 14.9 Å². The summed E-state index contributed by atoms with van der Waals surface area (Å²) in [7, 11) is 1.35. The molecule has 22 heavy (non-hydrogen) atoms. The third-order valence-electron chi connectivity index (χ3n) is 4.15. The largest absolute Gasteiger partial charge is 0.469 e. The van der Waals surface area contributed by atoms with Crippen LogP contribution in [-0.4, -0.2) is 40.4 Å². The quantitative estimate of drug-likeness (QED) is 0.588. The van der Waals surface area contributed by atoms with Gasteiger partial charge in [-0.15, -0.1) is 0 Å². The van der Waals surface area contributed by atoms with E-state index in [0.717, 1.165) is 22.4 Å². The van der Waals surface area contributed by atoms with Crippen molar-refractivity contribution < 1.29 is 14.3 Å². The minimum atomic E-state index is -0.345. The van der Waals surface area contributed by atoms with E-state index in [1.54, 1.807) is 6.20 Å². The molecule has 1 amide bonds. The average molecular weight is 419 g/mol. The number of ether oxygens (including phenoxy) is 1. The number of nitrogens with one attached hydrogen (secondary N) is 1. The predicted octanol–water partition coefficient (Wildman–Crippen LogP) is 2.51. The molecule has 0 bridgehead atoms. The van der Waals surface area contributed by atoms with E-state index in [4.69, 9.17) is 4.74 Å². The molecule has 2 heterocycles. The molecular weight excluding hydrogens is 397 g/mol. The summed E-state index contributed by atoms with van der Waals surface area (Å²) >= 11 is 2.17. The first-order valence-electron chi connectivity index (χ1n) is 7.51. The number of H-pyrrole nitrogens is 1. The molecule has 1 aromatic rings. The van der Waals surface area contributed by atoms with Gasteiger partial charge in [0.15, 0.2) is 0 Å². The molecule has 0 aromatic carbocycles. The normalized spacial score (nSPS) is 19.5. The number of rotatable bonds is 5. The van der Waals surface area contributed by atoms with Gasteiger partial charge < -0.3 is 14.6 Å². The molecule has 122 valence electrons. The molecule has 1 fully saturated rings. The topological polar surface area (TPSA) is 75.3 Å². The van der Waals surface area contributed by atoms with Crippen LogP contribution in [-0.2, 0) is 14.3 Å². The van der Waals surface area contributed by atoms with E-state index in [-0.39, 0.29) is 36.2 Å². The second-order valence-electron chi connectivity index (χ2n) is 5.94. The highest BCUT2D eigenvalue weighted by Gasteiger charge is 2.37. The van der Waals surface area contributed by atoms with Crippen LogP contribution in [0.15, 0.2) is 6.20 Å². The van der Waals surface area contributed by atoms with E-state index in [0.29, 0.717) is 6.54 Å². The summed E-state index contributed by atoms with van der Waals surface area (Å²) in [6.45, 7) is 4.64. The number of nitrogens with zero attached hydrogens (tertiary/aromatic N) is 2. The highest BCUT2D eigenvalue weighted by atomic mass is 127. The van der Waals surface area contributed by atoms with Gasteiger partial charge in [-0.3, -0.25) is 9.59 Å². The molecule has 0 unspecified atom stereocenters. The van der Waals surface area contributed by atoms with Gasteiger partial charge in [0.25, 0.3) is 0 Å².